The van der Waals surface area contributed by atoms with Gasteiger partial charge >= 0.3 is 0 Å². The van der Waals surface area contributed by atoms with Crippen molar-refractivity contribution < 1.29 is 9.53 Å². The predicted molar refractivity (Wildman–Crippen MR) is 75.2 cm³/mol. The van der Waals surface area contributed by atoms with Gasteiger partial charge in [-0.3, -0.25) is 4.79 Å². The summed E-state index contributed by atoms with van der Waals surface area (Å²) in [4.78, 5) is 11.8. The molecule has 0 radical (unpaired) electrons. The van der Waals surface area contributed by atoms with Gasteiger partial charge in [0.25, 0.3) is 0 Å². The van der Waals surface area contributed by atoms with Crippen LogP contribution in [0.4, 0.5) is 0 Å². The number of benzene rings is 1. The number of nitrogens with one attached hydrogen (secondary N) is 2. The highest BCUT2D eigenvalue weighted by Crippen LogP contribution is 2.19. The third-order valence-corrected chi connectivity index (χ3v) is 3.33. The minimum atomic E-state index is 0.00326. The molecule has 1 aromatic rings. The third kappa shape index (κ3) is 4.56. The van der Waals surface area contributed by atoms with Gasteiger partial charge in [0.15, 0.2) is 0 Å². The second kappa shape index (κ2) is 6.57. The lowest BCUT2D eigenvalue weighted by Crippen LogP contribution is -2.30. The van der Waals surface area contributed by atoms with Gasteiger partial charge in [-0.2, -0.15) is 0 Å². The van der Waals surface area contributed by atoms with Gasteiger partial charge < -0.3 is 15.4 Å². The average Bonchev–Trinajstić information content (AvgIpc) is 3.23. The molecule has 0 aliphatic heterocycles. The Kier molecular flexibility index (Phi) is 4.80. The zero-order valence-corrected chi connectivity index (χ0v) is 11.6. The molecule has 1 atom stereocenters. The first-order chi connectivity index (χ1) is 9.19. The van der Waals surface area contributed by atoms with Crippen LogP contribution in [-0.2, 0) is 4.79 Å². The minimum absolute atomic E-state index is 0.00326. The van der Waals surface area contributed by atoms with Crippen molar-refractivity contribution in [2.45, 2.75) is 38.3 Å². The second-order valence-electron chi connectivity index (χ2n) is 5.04. The molecule has 0 unspecified atom stereocenters. The van der Waals surface area contributed by atoms with Gasteiger partial charge in [-0.1, -0.05) is 12.1 Å². The van der Waals surface area contributed by atoms with Crippen LogP contribution in [0.2, 0.25) is 0 Å². The summed E-state index contributed by atoms with van der Waals surface area (Å²) in [7, 11) is 1.64. The highest BCUT2D eigenvalue weighted by atomic mass is 16.5. The zero-order chi connectivity index (χ0) is 13.7. The molecule has 0 saturated heterocycles. The average molecular weight is 262 g/mol. The molecular weight excluding hydrogens is 240 g/mol. The minimum Gasteiger partial charge on any atom is -0.497 e. The molecular formula is C15H22N2O2. The number of hydrogen-bond donors (Lipinski definition) is 2. The Morgan fingerprint density at radius 1 is 1.47 bits per heavy atom. The van der Waals surface area contributed by atoms with E-state index in [1.54, 1.807) is 7.11 Å². The van der Waals surface area contributed by atoms with Gasteiger partial charge in [-0.15, -0.1) is 0 Å². The Bertz CT molecular complexity index is 430. The molecule has 1 aliphatic carbocycles. The summed E-state index contributed by atoms with van der Waals surface area (Å²) in [6.07, 6.45) is 3.04. The fraction of sp³-hybridized carbons (Fsp3) is 0.533. The van der Waals surface area contributed by atoms with Crippen molar-refractivity contribution in [3.8, 4) is 5.75 Å². The first-order valence-electron chi connectivity index (χ1n) is 6.85. The first-order valence-corrected chi connectivity index (χ1v) is 6.85. The van der Waals surface area contributed by atoms with Crippen LogP contribution in [0.5, 0.6) is 5.75 Å². The second-order valence-corrected chi connectivity index (χ2v) is 5.04. The molecule has 2 N–H and O–H groups in total. The lowest BCUT2D eigenvalue weighted by atomic mass is 10.1. The fourth-order valence-corrected chi connectivity index (χ4v) is 1.99. The molecule has 1 amide bonds. The molecule has 1 aliphatic rings. The van der Waals surface area contributed by atoms with Crippen LogP contribution < -0.4 is 15.4 Å². The van der Waals surface area contributed by atoms with Crippen LogP contribution in [0.15, 0.2) is 24.3 Å². The van der Waals surface area contributed by atoms with Gasteiger partial charge in [0.05, 0.1) is 13.2 Å². The molecule has 1 aromatic carbocycles. The van der Waals surface area contributed by atoms with Crippen LogP contribution >= 0.6 is 0 Å². The van der Waals surface area contributed by atoms with Crippen molar-refractivity contribution in [3.63, 3.8) is 0 Å². The van der Waals surface area contributed by atoms with Crippen molar-refractivity contribution in [2.75, 3.05) is 13.7 Å². The molecule has 19 heavy (non-hydrogen) atoms. The molecule has 104 valence electrons. The highest BCUT2D eigenvalue weighted by molar-refractivity contribution is 5.76. The number of carbonyl (C=O) groups excluding carboxylic acids is 1. The van der Waals surface area contributed by atoms with E-state index >= 15 is 0 Å². The summed E-state index contributed by atoms with van der Waals surface area (Å²) in [5, 5.41) is 6.35. The first kappa shape index (κ1) is 13.9. The van der Waals surface area contributed by atoms with Crippen LogP contribution in [0.25, 0.3) is 0 Å². The maximum atomic E-state index is 11.8. The third-order valence-electron chi connectivity index (χ3n) is 3.33. The van der Waals surface area contributed by atoms with Crippen molar-refractivity contribution >= 4 is 5.91 Å². The van der Waals surface area contributed by atoms with E-state index in [-0.39, 0.29) is 11.9 Å². The predicted octanol–water partition coefficient (Wildman–Crippen LogP) is 2.01. The Morgan fingerprint density at radius 2 is 2.26 bits per heavy atom. The topological polar surface area (TPSA) is 50.4 Å². The van der Waals surface area contributed by atoms with Crippen LogP contribution in [0.1, 0.15) is 37.8 Å². The number of methoxy groups -OCH3 is 1. The SMILES string of the molecule is COc1cccc([C@H](C)NC(=O)CCNC2CC2)c1. The standard InChI is InChI=1S/C15H22N2O2/c1-11(12-4-3-5-14(10-12)19-2)17-15(18)8-9-16-13-6-7-13/h3-5,10-11,13,16H,6-9H2,1-2H3,(H,17,18)/t11-/m0/s1. The van der Waals surface area contributed by atoms with E-state index in [1.807, 2.05) is 31.2 Å². The Hall–Kier alpha value is -1.55. The largest absolute Gasteiger partial charge is 0.497 e. The van der Waals surface area contributed by atoms with E-state index in [9.17, 15) is 4.79 Å². The molecule has 1 saturated carbocycles. The summed E-state index contributed by atoms with van der Waals surface area (Å²) in [6.45, 7) is 2.75. The fourth-order valence-electron chi connectivity index (χ4n) is 1.99. The Balaban J connectivity index is 1.77. The Labute approximate surface area is 114 Å². The smallest absolute Gasteiger partial charge is 0.221 e. The number of ether oxygens (including phenoxy) is 1. The lowest BCUT2D eigenvalue weighted by molar-refractivity contribution is -0.121. The number of rotatable bonds is 7. The molecule has 4 nitrogen and oxygen atoms in total. The number of hydrogen-bond acceptors (Lipinski definition) is 3. The lowest BCUT2D eigenvalue weighted by Gasteiger charge is -2.15. The molecule has 0 spiro atoms. The quantitative estimate of drug-likeness (QED) is 0.790. The molecule has 0 heterocycles. The molecule has 4 heteroatoms. The van der Waals surface area contributed by atoms with Crippen LogP contribution in [0.3, 0.4) is 0 Å². The van der Waals surface area contributed by atoms with E-state index in [0.29, 0.717) is 12.5 Å². The summed E-state index contributed by atoms with van der Waals surface area (Å²) >= 11 is 0. The van der Waals surface area contributed by atoms with Crippen LogP contribution in [0, 0.1) is 0 Å². The van der Waals surface area contributed by atoms with Gasteiger partial charge in [0, 0.05) is 19.0 Å². The molecule has 2 rings (SSSR count). The van der Waals surface area contributed by atoms with Gasteiger partial charge in [0.2, 0.25) is 5.91 Å². The highest BCUT2D eigenvalue weighted by Gasteiger charge is 2.20. The molecule has 1 fully saturated rings. The van der Waals surface area contributed by atoms with Gasteiger partial charge in [0.1, 0.15) is 5.75 Å². The van der Waals surface area contributed by atoms with E-state index in [2.05, 4.69) is 10.6 Å². The maximum absolute atomic E-state index is 11.8. The monoisotopic (exact) mass is 262 g/mol. The summed E-state index contributed by atoms with van der Waals surface area (Å²) in [5.74, 6) is 0.900. The van der Waals surface area contributed by atoms with Gasteiger partial charge in [-0.25, -0.2) is 0 Å². The van der Waals surface area contributed by atoms with E-state index < -0.39 is 0 Å². The zero-order valence-electron chi connectivity index (χ0n) is 11.6. The van der Waals surface area contributed by atoms with Crippen LogP contribution in [-0.4, -0.2) is 25.6 Å². The normalized spacial score (nSPS) is 15.9. The van der Waals surface area contributed by atoms with Crippen molar-refractivity contribution in [2.24, 2.45) is 0 Å². The van der Waals surface area contributed by atoms with E-state index in [1.165, 1.54) is 12.8 Å². The molecule has 0 aromatic heterocycles. The van der Waals surface area contributed by atoms with E-state index in [4.69, 9.17) is 4.74 Å². The number of amides is 1. The van der Waals surface area contributed by atoms with Crippen molar-refractivity contribution in [1.82, 2.24) is 10.6 Å². The Morgan fingerprint density at radius 3 is 2.95 bits per heavy atom. The van der Waals surface area contributed by atoms with Crippen molar-refractivity contribution in [1.29, 1.82) is 0 Å². The van der Waals surface area contributed by atoms with E-state index in [0.717, 1.165) is 17.9 Å². The number of carbonyl (C=O) groups is 1. The summed E-state index contributed by atoms with van der Waals surface area (Å²) in [5.41, 5.74) is 1.06. The van der Waals surface area contributed by atoms with Gasteiger partial charge in [-0.05, 0) is 37.5 Å². The van der Waals surface area contributed by atoms with Crippen molar-refractivity contribution in [3.05, 3.63) is 29.8 Å². The summed E-state index contributed by atoms with van der Waals surface area (Å²) in [6, 6.07) is 8.44. The summed E-state index contributed by atoms with van der Waals surface area (Å²) < 4.78 is 5.19. The molecule has 0 bridgehead atoms. The maximum Gasteiger partial charge on any atom is 0.221 e.